The van der Waals surface area contributed by atoms with Crippen molar-refractivity contribution in [2.75, 3.05) is 0 Å². The molecule has 0 radical (unpaired) electrons. The molecule has 5 nitrogen and oxygen atoms in total. The first kappa shape index (κ1) is 17.7. The second kappa shape index (κ2) is 8.26. The zero-order valence-electron chi connectivity index (χ0n) is 13.0. The highest BCUT2D eigenvalue weighted by atomic mass is 79.9. The first-order valence-electron chi connectivity index (χ1n) is 7.67. The van der Waals surface area contributed by atoms with Crippen LogP contribution in [0.2, 0.25) is 0 Å². The molecule has 1 aliphatic carbocycles. The van der Waals surface area contributed by atoms with Crippen LogP contribution in [0.1, 0.15) is 36.8 Å². The van der Waals surface area contributed by atoms with Crippen LogP contribution in [0.5, 0.6) is 0 Å². The SMILES string of the molecule is Cc1ccccc1/C(Br)=C\C(=N\O)C(=O)N[C@H]1CCCC[C@@H]1O. The van der Waals surface area contributed by atoms with Crippen molar-refractivity contribution in [2.45, 2.75) is 44.8 Å². The van der Waals surface area contributed by atoms with Gasteiger partial charge < -0.3 is 15.6 Å². The van der Waals surface area contributed by atoms with Gasteiger partial charge in [-0.3, -0.25) is 4.79 Å². The lowest BCUT2D eigenvalue weighted by Crippen LogP contribution is -2.47. The van der Waals surface area contributed by atoms with Gasteiger partial charge in [0.05, 0.1) is 12.1 Å². The Balaban J connectivity index is 2.11. The molecule has 1 aromatic carbocycles. The highest BCUT2D eigenvalue weighted by Gasteiger charge is 2.25. The predicted octanol–water partition coefficient (Wildman–Crippen LogP) is 2.98. The van der Waals surface area contributed by atoms with E-state index in [1.54, 1.807) is 0 Å². The molecule has 1 amide bonds. The van der Waals surface area contributed by atoms with Gasteiger partial charge in [-0.2, -0.15) is 0 Å². The molecule has 0 saturated heterocycles. The van der Waals surface area contributed by atoms with Crippen molar-refractivity contribution in [3.05, 3.63) is 41.5 Å². The zero-order chi connectivity index (χ0) is 16.8. The topological polar surface area (TPSA) is 81.9 Å². The van der Waals surface area contributed by atoms with Gasteiger partial charge in [-0.05, 0) is 37.0 Å². The van der Waals surface area contributed by atoms with E-state index >= 15 is 0 Å². The van der Waals surface area contributed by atoms with Gasteiger partial charge in [0.1, 0.15) is 0 Å². The molecule has 1 fully saturated rings. The summed E-state index contributed by atoms with van der Waals surface area (Å²) in [4.78, 5) is 12.3. The maximum Gasteiger partial charge on any atom is 0.273 e. The smallest absolute Gasteiger partial charge is 0.273 e. The second-order valence-electron chi connectivity index (χ2n) is 5.72. The number of aliphatic hydroxyl groups is 1. The lowest BCUT2D eigenvalue weighted by molar-refractivity contribution is -0.116. The van der Waals surface area contributed by atoms with Gasteiger partial charge >= 0.3 is 0 Å². The number of benzene rings is 1. The Kier molecular flexibility index (Phi) is 6.36. The number of nitrogens with one attached hydrogen (secondary N) is 1. The second-order valence-corrected chi connectivity index (χ2v) is 6.58. The van der Waals surface area contributed by atoms with E-state index in [4.69, 9.17) is 5.21 Å². The van der Waals surface area contributed by atoms with Crippen LogP contribution in [-0.4, -0.2) is 34.1 Å². The summed E-state index contributed by atoms with van der Waals surface area (Å²) in [5.74, 6) is -0.496. The Morgan fingerprint density at radius 1 is 1.35 bits per heavy atom. The Bertz CT molecular complexity index is 628. The van der Waals surface area contributed by atoms with Gasteiger partial charge in [-0.1, -0.05) is 58.2 Å². The highest BCUT2D eigenvalue weighted by molar-refractivity contribution is 9.15. The minimum Gasteiger partial charge on any atom is -0.410 e. The summed E-state index contributed by atoms with van der Waals surface area (Å²) in [5, 5.41) is 24.9. The monoisotopic (exact) mass is 380 g/mol. The standard InChI is InChI=1S/C17H21BrN2O3/c1-11-6-2-3-7-12(11)13(18)10-15(20-23)17(22)19-14-8-4-5-9-16(14)21/h2-3,6-7,10,14,16,21,23H,4-5,8-9H2,1H3,(H,19,22)/b13-10+,20-15-/t14-,16-/m0/s1. The molecule has 2 rings (SSSR count). The average molecular weight is 381 g/mol. The van der Waals surface area contributed by atoms with Gasteiger partial charge in [0.25, 0.3) is 5.91 Å². The zero-order valence-corrected chi connectivity index (χ0v) is 14.6. The lowest BCUT2D eigenvalue weighted by atomic mass is 9.92. The van der Waals surface area contributed by atoms with Crippen LogP contribution in [-0.2, 0) is 4.79 Å². The van der Waals surface area contributed by atoms with Crippen molar-refractivity contribution < 1.29 is 15.1 Å². The molecule has 0 heterocycles. The summed E-state index contributed by atoms with van der Waals surface area (Å²) in [6.45, 7) is 1.96. The molecule has 0 spiro atoms. The number of carbonyl (C=O) groups excluding carboxylic acids is 1. The largest absolute Gasteiger partial charge is 0.410 e. The molecule has 3 N–H and O–H groups in total. The third-order valence-corrected chi connectivity index (χ3v) is 4.71. The number of carbonyl (C=O) groups is 1. The summed E-state index contributed by atoms with van der Waals surface area (Å²) < 4.78 is 0.655. The minimum atomic E-state index is -0.545. The van der Waals surface area contributed by atoms with Crippen molar-refractivity contribution >= 4 is 32.0 Å². The molecule has 124 valence electrons. The van der Waals surface area contributed by atoms with Crippen LogP contribution in [0, 0.1) is 6.92 Å². The maximum atomic E-state index is 12.3. The molecule has 1 saturated carbocycles. The molecular weight excluding hydrogens is 360 g/mol. The van der Waals surface area contributed by atoms with Crippen LogP contribution in [0.15, 0.2) is 35.5 Å². The quantitative estimate of drug-likeness (QED) is 0.426. The van der Waals surface area contributed by atoms with Crippen molar-refractivity contribution in [3.63, 3.8) is 0 Å². The molecule has 0 aromatic heterocycles. The highest BCUT2D eigenvalue weighted by Crippen LogP contribution is 2.24. The average Bonchev–Trinajstić information content (AvgIpc) is 2.54. The fraction of sp³-hybridized carbons (Fsp3) is 0.412. The summed E-state index contributed by atoms with van der Waals surface area (Å²) in [6.07, 6.45) is 4.28. The normalized spacial score (nSPS) is 22.7. The van der Waals surface area contributed by atoms with Crippen LogP contribution in [0.4, 0.5) is 0 Å². The van der Waals surface area contributed by atoms with Crippen molar-refractivity contribution in [2.24, 2.45) is 5.16 Å². The van der Waals surface area contributed by atoms with Gasteiger partial charge in [-0.25, -0.2) is 0 Å². The number of hydrogen-bond donors (Lipinski definition) is 3. The molecule has 0 aliphatic heterocycles. The molecule has 2 atom stereocenters. The number of rotatable bonds is 4. The minimum absolute atomic E-state index is 0.0992. The number of nitrogens with zero attached hydrogens (tertiary/aromatic N) is 1. The fourth-order valence-electron chi connectivity index (χ4n) is 2.70. The number of hydrogen-bond acceptors (Lipinski definition) is 4. The van der Waals surface area contributed by atoms with E-state index in [0.29, 0.717) is 10.9 Å². The van der Waals surface area contributed by atoms with Crippen molar-refractivity contribution in [3.8, 4) is 0 Å². The number of amides is 1. The predicted molar refractivity (Wildman–Crippen MR) is 93.7 cm³/mol. The van der Waals surface area contributed by atoms with Gasteiger partial charge in [0, 0.05) is 4.48 Å². The van der Waals surface area contributed by atoms with E-state index in [1.165, 1.54) is 6.08 Å². The number of halogens is 1. The molecule has 1 aromatic rings. The number of aryl methyl sites for hydroxylation is 1. The van der Waals surface area contributed by atoms with Crippen LogP contribution in [0.25, 0.3) is 4.48 Å². The summed E-state index contributed by atoms with van der Waals surface area (Å²) in [6, 6.07) is 7.40. The first-order valence-corrected chi connectivity index (χ1v) is 8.46. The van der Waals surface area contributed by atoms with E-state index in [-0.39, 0.29) is 11.8 Å². The van der Waals surface area contributed by atoms with Crippen molar-refractivity contribution in [1.82, 2.24) is 5.32 Å². The third-order valence-electron chi connectivity index (χ3n) is 4.05. The molecule has 1 aliphatic rings. The van der Waals surface area contributed by atoms with E-state index < -0.39 is 12.0 Å². The summed E-state index contributed by atoms with van der Waals surface area (Å²) in [5.41, 5.74) is 1.85. The van der Waals surface area contributed by atoms with E-state index in [0.717, 1.165) is 30.4 Å². The van der Waals surface area contributed by atoms with E-state index in [1.807, 2.05) is 31.2 Å². The molecular formula is C17H21BrN2O3. The first-order chi connectivity index (χ1) is 11.0. The maximum absolute atomic E-state index is 12.3. The Labute approximate surface area is 144 Å². The van der Waals surface area contributed by atoms with Crippen LogP contribution < -0.4 is 5.32 Å². The Hall–Kier alpha value is -1.66. The molecule has 0 bridgehead atoms. The van der Waals surface area contributed by atoms with Gasteiger partial charge in [0.15, 0.2) is 5.71 Å². The fourth-order valence-corrected chi connectivity index (χ4v) is 3.36. The van der Waals surface area contributed by atoms with Crippen LogP contribution in [0.3, 0.4) is 0 Å². The van der Waals surface area contributed by atoms with Gasteiger partial charge in [-0.15, -0.1) is 0 Å². The Morgan fingerprint density at radius 3 is 2.70 bits per heavy atom. The molecule has 6 heteroatoms. The molecule has 23 heavy (non-hydrogen) atoms. The van der Waals surface area contributed by atoms with E-state index in [2.05, 4.69) is 26.4 Å². The third kappa shape index (κ3) is 4.65. The number of aliphatic hydroxyl groups excluding tert-OH is 1. The van der Waals surface area contributed by atoms with Crippen LogP contribution >= 0.6 is 15.9 Å². The number of oxime groups is 1. The molecule has 0 unspecified atom stereocenters. The summed E-state index contributed by atoms with van der Waals surface area (Å²) >= 11 is 3.42. The lowest BCUT2D eigenvalue weighted by Gasteiger charge is -2.28. The van der Waals surface area contributed by atoms with Crippen molar-refractivity contribution in [1.29, 1.82) is 0 Å². The summed E-state index contributed by atoms with van der Waals surface area (Å²) in [7, 11) is 0. The Morgan fingerprint density at radius 2 is 2.04 bits per heavy atom. The van der Waals surface area contributed by atoms with Gasteiger partial charge in [0.2, 0.25) is 0 Å². The van der Waals surface area contributed by atoms with E-state index in [9.17, 15) is 9.90 Å².